The van der Waals surface area contributed by atoms with Gasteiger partial charge in [-0.2, -0.15) is 0 Å². The number of likely N-dealkylation sites (tertiary alicyclic amines) is 1. The molecule has 2 unspecified atom stereocenters. The monoisotopic (exact) mass is 470 g/mol. The lowest BCUT2D eigenvalue weighted by Crippen LogP contribution is -2.53. The summed E-state index contributed by atoms with van der Waals surface area (Å²) in [4.78, 5) is 31.1. The van der Waals surface area contributed by atoms with Crippen molar-refractivity contribution < 1.29 is 27.5 Å². The van der Waals surface area contributed by atoms with Crippen LogP contribution in [0.4, 0.5) is 13.2 Å². The summed E-state index contributed by atoms with van der Waals surface area (Å²) in [6.45, 7) is 9.21. The predicted molar refractivity (Wildman–Crippen MR) is 117 cm³/mol. The summed E-state index contributed by atoms with van der Waals surface area (Å²) < 4.78 is 41.6. The summed E-state index contributed by atoms with van der Waals surface area (Å²) in [6.07, 6.45) is -3.63. The molecule has 7 nitrogen and oxygen atoms in total. The van der Waals surface area contributed by atoms with Gasteiger partial charge >= 0.3 is 6.36 Å². The molecule has 2 atom stereocenters. The number of halogens is 3. The number of ether oxygens (including phenoxy) is 1. The molecule has 3 rings (SSSR count). The Morgan fingerprint density at radius 3 is 2.18 bits per heavy atom. The van der Waals surface area contributed by atoms with Crippen LogP contribution in [0, 0.1) is 11.8 Å². The second-order valence-corrected chi connectivity index (χ2v) is 9.23. The maximum atomic E-state index is 12.7. The number of hydrogen-bond donors (Lipinski definition) is 1. The number of hydrogen-bond acceptors (Lipinski definition) is 5. The topological polar surface area (TPSA) is 65.1 Å². The van der Waals surface area contributed by atoms with Gasteiger partial charge in [0.2, 0.25) is 11.8 Å². The first-order chi connectivity index (χ1) is 15.6. The summed E-state index contributed by atoms with van der Waals surface area (Å²) in [6, 6.07) is 5.75. The zero-order valence-corrected chi connectivity index (χ0v) is 19.2. The highest BCUT2D eigenvalue weighted by Crippen LogP contribution is 2.26. The van der Waals surface area contributed by atoms with E-state index in [1.807, 2.05) is 9.80 Å². The summed E-state index contributed by atoms with van der Waals surface area (Å²) in [5.74, 6) is 0.637. The van der Waals surface area contributed by atoms with Crippen LogP contribution in [0.3, 0.4) is 0 Å². The standard InChI is InChI=1S/C23H33F3N4O3/c1-17-11-18(2)14-30(13-17)22(32)16-29-9-7-28(8-10-29)15-21(31)27-12-19-5-3-4-6-20(19)33-23(24,25)26/h3-6,17-18H,7-16H2,1-2H3,(H,27,31). The molecule has 2 saturated heterocycles. The molecule has 2 aliphatic rings. The summed E-state index contributed by atoms with van der Waals surface area (Å²) >= 11 is 0. The highest BCUT2D eigenvalue weighted by atomic mass is 19.4. The van der Waals surface area contributed by atoms with Gasteiger partial charge in [0.25, 0.3) is 0 Å². The van der Waals surface area contributed by atoms with Crippen LogP contribution >= 0.6 is 0 Å². The molecule has 33 heavy (non-hydrogen) atoms. The average Bonchev–Trinajstić information content (AvgIpc) is 2.73. The fourth-order valence-electron chi connectivity index (χ4n) is 4.59. The molecule has 2 amide bonds. The number of benzene rings is 1. The molecular weight excluding hydrogens is 437 g/mol. The molecule has 1 aromatic carbocycles. The van der Waals surface area contributed by atoms with Gasteiger partial charge in [-0.1, -0.05) is 32.0 Å². The van der Waals surface area contributed by atoms with Gasteiger partial charge in [-0.3, -0.25) is 19.4 Å². The van der Waals surface area contributed by atoms with Crippen LogP contribution in [0.1, 0.15) is 25.8 Å². The van der Waals surface area contributed by atoms with Crippen molar-refractivity contribution in [3.63, 3.8) is 0 Å². The van der Waals surface area contributed by atoms with Crippen LogP contribution in [0.15, 0.2) is 24.3 Å². The molecule has 0 bridgehead atoms. The second kappa shape index (κ2) is 11.2. The lowest BCUT2D eigenvalue weighted by Gasteiger charge is -2.38. The zero-order chi connectivity index (χ0) is 24.0. The van der Waals surface area contributed by atoms with Crippen LogP contribution < -0.4 is 10.1 Å². The number of carbonyl (C=O) groups excluding carboxylic acids is 2. The van der Waals surface area contributed by atoms with Gasteiger partial charge in [-0.15, -0.1) is 13.2 Å². The Kier molecular flexibility index (Phi) is 8.58. The van der Waals surface area contributed by atoms with E-state index in [4.69, 9.17) is 0 Å². The van der Waals surface area contributed by atoms with Gasteiger partial charge < -0.3 is 15.0 Å². The molecular formula is C23H33F3N4O3. The average molecular weight is 471 g/mol. The number of piperazine rings is 1. The first-order valence-corrected chi connectivity index (χ1v) is 11.4. The fraction of sp³-hybridized carbons (Fsp3) is 0.652. The highest BCUT2D eigenvalue weighted by Gasteiger charge is 2.32. The number of alkyl halides is 3. The van der Waals surface area contributed by atoms with E-state index in [0.29, 0.717) is 44.6 Å². The molecule has 10 heteroatoms. The molecule has 0 radical (unpaired) electrons. The van der Waals surface area contributed by atoms with Crippen LogP contribution in [-0.2, 0) is 16.1 Å². The van der Waals surface area contributed by atoms with Crippen molar-refractivity contribution in [3.8, 4) is 5.75 Å². The van der Waals surface area contributed by atoms with E-state index in [9.17, 15) is 22.8 Å². The maximum absolute atomic E-state index is 12.7. The molecule has 2 aliphatic heterocycles. The number of piperidine rings is 1. The predicted octanol–water partition coefficient (Wildman–Crippen LogP) is 2.32. The Labute approximate surface area is 192 Å². The zero-order valence-electron chi connectivity index (χ0n) is 19.2. The molecule has 0 aromatic heterocycles. The largest absolute Gasteiger partial charge is 0.573 e. The maximum Gasteiger partial charge on any atom is 0.573 e. The number of nitrogens with one attached hydrogen (secondary N) is 1. The lowest BCUT2D eigenvalue weighted by molar-refractivity contribution is -0.274. The van der Waals surface area contributed by atoms with E-state index in [2.05, 4.69) is 28.8 Å². The van der Waals surface area contributed by atoms with Crippen molar-refractivity contribution >= 4 is 11.8 Å². The van der Waals surface area contributed by atoms with E-state index < -0.39 is 6.36 Å². The first kappa shape index (κ1) is 25.3. The lowest BCUT2D eigenvalue weighted by atomic mass is 9.92. The molecule has 184 valence electrons. The summed E-state index contributed by atoms with van der Waals surface area (Å²) in [5.41, 5.74) is 0.257. The number of amides is 2. The third-order valence-corrected chi connectivity index (χ3v) is 6.09. The normalized spacial score (nSPS) is 22.8. The smallest absolute Gasteiger partial charge is 0.405 e. The molecule has 2 heterocycles. The minimum Gasteiger partial charge on any atom is -0.405 e. The van der Waals surface area contributed by atoms with E-state index in [-0.39, 0.29) is 36.2 Å². The third-order valence-electron chi connectivity index (χ3n) is 6.09. The fourth-order valence-corrected chi connectivity index (χ4v) is 4.59. The highest BCUT2D eigenvalue weighted by molar-refractivity contribution is 5.79. The quantitative estimate of drug-likeness (QED) is 0.663. The number of carbonyl (C=O) groups is 2. The van der Waals surface area contributed by atoms with Crippen molar-refractivity contribution in [2.45, 2.75) is 33.2 Å². The van der Waals surface area contributed by atoms with Crippen molar-refractivity contribution in [2.75, 3.05) is 52.4 Å². The van der Waals surface area contributed by atoms with E-state index in [0.717, 1.165) is 19.5 Å². The SMILES string of the molecule is CC1CC(C)CN(C(=O)CN2CCN(CC(=O)NCc3ccccc3OC(F)(F)F)CC2)C1. The van der Waals surface area contributed by atoms with E-state index in [1.165, 1.54) is 18.2 Å². The van der Waals surface area contributed by atoms with Crippen molar-refractivity contribution in [3.05, 3.63) is 29.8 Å². The van der Waals surface area contributed by atoms with Crippen molar-refractivity contribution in [2.24, 2.45) is 11.8 Å². The van der Waals surface area contributed by atoms with Crippen LogP contribution in [0.2, 0.25) is 0 Å². The minimum absolute atomic E-state index is 0.0494. The Morgan fingerprint density at radius 1 is 1.00 bits per heavy atom. The Morgan fingerprint density at radius 2 is 1.58 bits per heavy atom. The van der Waals surface area contributed by atoms with Gasteiger partial charge in [-0.05, 0) is 24.3 Å². The van der Waals surface area contributed by atoms with Crippen molar-refractivity contribution in [1.29, 1.82) is 0 Å². The van der Waals surface area contributed by atoms with E-state index >= 15 is 0 Å². The molecule has 0 spiro atoms. The van der Waals surface area contributed by atoms with Crippen LogP contribution in [0.5, 0.6) is 5.75 Å². The molecule has 1 aromatic rings. The van der Waals surface area contributed by atoms with Gasteiger partial charge in [0.15, 0.2) is 0 Å². The van der Waals surface area contributed by atoms with Gasteiger partial charge in [0, 0.05) is 51.4 Å². The molecule has 2 fully saturated rings. The third kappa shape index (κ3) is 8.19. The van der Waals surface area contributed by atoms with Gasteiger partial charge in [0.05, 0.1) is 13.1 Å². The molecule has 0 aliphatic carbocycles. The molecule has 1 N–H and O–H groups in total. The summed E-state index contributed by atoms with van der Waals surface area (Å²) in [5, 5.41) is 2.66. The first-order valence-electron chi connectivity index (χ1n) is 11.4. The van der Waals surface area contributed by atoms with Gasteiger partial charge in [0.1, 0.15) is 5.75 Å². The number of nitrogens with zero attached hydrogens (tertiary/aromatic N) is 3. The minimum atomic E-state index is -4.79. The van der Waals surface area contributed by atoms with Gasteiger partial charge in [-0.25, -0.2) is 0 Å². The van der Waals surface area contributed by atoms with E-state index in [1.54, 1.807) is 6.07 Å². The second-order valence-electron chi connectivity index (χ2n) is 9.23. The van der Waals surface area contributed by atoms with Crippen LogP contribution in [-0.4, -0.2) is 85.2 Å². The Balaban J connectivity index is 1.39. The Hall–Kier alpha value is -2.33. The van der Waals surface area contributed by atoms with Crippen molar-refractivity contribution in [1.82, 2.24) is 20.0 Å². The Bertz CT molecular complexity index is 802. The molecule has 0 saturated carbocycles. The van der Waals surface area contributed by atoms with Crippen LogP contribution in [0.25, 0.3) is 0 Å². The number of rotatable bonds is 7. The number of para-hydroxylation sites is 1. The summed E-state index contributed by atoms with van der Waals surface area (Å²) in [7, 11) is 0.